The fraction of sp³-hybridized carbons (Fsp3) is 0.462. The van der Waals surface area contributed by atoms with Crippen LogP contribution in [0.3, 0.4) is 0 Å². The zero-order valence-electron chi connectivity index (χ0n) is 10.3. The molecule has 0 aliphatic rings. The minimum atomic E-state index is -0.0516. The Balaban J connectivity index is 2.56. The number of rotatable bonds is 5. The van der Waals surface area contributed by atoms with Gasteiger partial charge < -0.3 is 11.1 Å². The van der Waals surface area contributed by atoms with E-state index in [0.717, 1.165) is 28.6 Å². The van der Waals surface area contributed by atoms with E-state index < -0.39 is 0 Å². The zero-order valence-corrected chi connectivity index (χ0v) is 11.9. The molecule has 1 rings (SSSR count). The molecule has 0 aliphatic heterocycles. The first-order valence-electron chi connectivity index (χ1n) is 5.84. The molecule has 0 fully saturated rings. The zero-order chi connectivity index (χ0) is 12.8. The van der Waals surface area contributed by atoms with Crippen molar-refractivity contribution in [3.63, 3.8) is 0 Å². The number of aryl methyl sites for hydroxylation is 1. The number of nitrogens with two attached hydrogens (primary N) is 1. The summed E-state index contributed by atoms with van der Waals surface area (Å²) in [7, 11) is 0. The first kappa shape index (κ1) is 14.2. The topological polar surface area (TPSA) is 55.1 Å². The van der Waals surface area contributed by atoms with Crippen molar-refractivity contribution >= 4 is 27.5 Å². The summed E-state index contributed by atoms with van der Waals surface area (Å²) in [6.45, 7) is 4.07. The molecule has 0 spiro atoms. The Morgan fingerprint density at radius 1 is 1.53 bits per heavy atom. The van der Waals surface area contributed by atoms with Crippen LogP contribution in [0.5, 0.6) is 0 Å². The van der Waals surface area contributed by atoms with Gasteiger partial charge in [-0.25, -0.2) is 0 Å². The molecule has 94 valence electrons. The van der Waals surface area contributed by atoms with Crippen LogP contribution in [0.4, 0.5) is 5.69 Å². The summed E-state index contributed by atoms with van der Waals surface area (Å²) >= 11 is 3.43. The molecule has 0 saturated heterocycles. The average Bonchev–Trinajstić information content (AvgIpc) is 2.22. The largest absolute Gasteiger partial charge is 0.327 e. The first-order chi connectivity index (χ1) is 8.02. The van der Waals surface area contributed by atoms with Crippen molar-refractivity contribution in [1.82, 2.24) is 0 Å². The van der Waals surface area contributed by atoms with Crippen LogP contribution in [-0.4, -0.2) is 11.9 Å². The van der Waals surface area contributed by atoms with Crippen molar-refractivity contribution in [2.75, 3.05) is 5.32 Å². The third kappa shape index (κ3) is 4.88. The van der Waals surface area contributed by atoms with Crippen LogP contribution in [0.25, 0.3) is 0 Å². The lowest BCUT2D eigenvalue weighted by Crippen LogP contribution is -2.26. The first-order valence-corrected chi connectivity index (χ1v) is 6.63. The van der Waals surface area contributed by atoms with Gasteiger partial charge >= 0.3 is 0 Å². The summed E-state index contributed by atoms with van der Waals surface area (Å²) in [4.78, 5) is 11.7. The number of carbonyl (C=O) groups is 1. The SMILES string of the molecule is CCCC(N)CC(=O)Nc1ccc(C)cc1Br. The maximum Gasteiger partial charge on any atom is 0.225 e. The average molecular weight is 299 g/mol. The summed E-state index contributed by atoms with van der Waals surface area (Å²) < 4.78 is 0.898. The van der Waals surface area contributed by atoms with Gasteiger partial charge in [0.2, 0.25) is 5.91 Å². The normalized spacial score (nSPS) is 12.2. The van der Waals surface area contributed by atoms with E-state index in [2.05, 4.69) is 28.2 Å². The second-order valence-corrected chi connectivity index (χ2v) is 5.14. The van der Waals surface area contributed by atoms with Crippen molar-refractivity contribution in [1.29, 1.82) is 0 Å². The molecule has 0 radical (unpaired) electrons. The van der Waals surface area contributed by atoms with Crippen LogP contribution < -0.4 is 11.1 Å². The predicted octanol–water partition coefficient (Wildman–Crippen LogP) is 3.21. The maximum atomic E-state index is 11.7. The lowest BCUT2D eigenvalue weighted by atomic mass is 10.1. The number of anilines is 1. The van der Waals surface area contributed by atoms with E-state index in [0.29, 0.717) is 6.42 Å². The molecule has 1 amide bonds. The summed E-state index contributed by atoms with van der Waals surface area (Å²) in [5, 5.41) is 2.86. The van der Waals surface area contributed by atoms with Gasteiger partial charge in [-0.15, -0.1) is 0 Å². The van der Waals surface area contributed by atoms with Crippen molar-refractivity contribution < 1.29 is 4.79 Å². The van der Waals surface area contributed by atoms with Crippen LogP contribution in [-0.2, 0) is 4.79 Å². The van der Waals surface area contributed by atoms with Gasteiger partial charge in [0.15, 0.2) is 0 Å². The number of halogens is 1. The lowest BCUT2D eigenvalue weighted by Gasteiger charge is -2.11. The molecule has 3 N–H and O–H groups in total. The molecule has 0 bridgehead atoms. The Labute approximate surface area is 111 Å². The molecular weight excluding hydrogens is 280 g/mol. The number of hydrogen-bond donors (Lipinski definition) is 2. The fourth-order valence-electron chi connectivity index (χ4n) is 1.63. The Kier molecular flexibility index (Phi) is 5.65. The summed E-state index contributed by atoms with van der Waals surface area (Å²) in [6, 6.07) is 5.78. The summed E-state index contributed by atoms with van der Waals surface area (Å²) in [6.07, 6.45) is 2.25. The molecule has 1 aromatic rings. The van der Waals surface area contributed by atoms with Gasteiger partial charge in [0.1, 0.15) is 0 Å². The molecule has 3 nitrogen and oxygen atoms in total. The van der Waals surface area contributed by atoms with Crippen LogP contribution in [0.15, 0.2) is 22.7 Å². The van der Waals surface area contributed by atoms with Gasteiger partial charge in [-0.2, -0.15) is 0 Å². The number of carbonyl (C=O) groups excluding carboxylic acids is 1. The molecule has 1 unspecified atom stereocenters. The van der Waals surface area contributed by atoms with Crippen molar-refractivity contribution in [2.45, 2.75) is 39.2 Å². The van der Waals surface area contributed by atoms with Crippen molar-refractivity contribution in [2.24, 2.45) is 5.73 Å². The quantitative estimate of drug-likeness (QED) is 0.877. The monoisotopic (exact) mass is 298 g/mol. The van der Waals surface area contributed by atoms with Gasteiger partial charge in [0.25, 0.3) is 0 Å². The third-order valence-corrected chi connectivity index (χ3v) is 3.16. The Morgan fingerprint density at radius 2 is 2.24 bits per heavy atom. The highest BCUT2D eigenvalue weighted by Crippen LogP contribution is 2.23. The third-order valence-electron chi connectivity index (χ3n) is 2.51. The molecule has 17 heavy (non-hydrogen) atoms. The minimum Gasteiger partial charge on any atom is -0.327 e. The fourth-order valence-corrected chi connectivity index (χ4v) is 2.23. The van der Waals surface area contributed by atoms with Crippen LogP contribution in [0, 0.1) is 6.92 Å². The van der Waals surface area contributed by atoms with Crippen molar-refractivity contribution in [3.05, 3.63) is 28.2 Å². The van der Waals surface area contributed by atoms with Gasteiger partial charge in [-0.3, -0.25) is 4.79 Å². The van der Waals surface area contributed by atoms with Gasteiger partial charge in [0, 0.05) is 16.9 Å². The molecular formula is C13H19BrN2O. The summed E-state index contributed by atoms with van der Waals surface area (Å²) in [5.41, 5.74) is 7.77. The van der Waals surface area contributed by atoms with Crippen molar-refractivity contribution in [3.8, 4) is 0 Å². The van der Waals surface area contributed by atoms with E-state index in [1.807, 2.05) is 25.1 Å². The molecule has 0 heterocycles. The molecule has 4 heteroatoms. The molecule has 0 aromatic heterocycles. The number of hydrogen-bond acceptors (Lipinski definition) is 2. The van der Waals surface area contributed by atoms with Crippen LogP contribution in [0.2, 0.25) is 0 Å². The minimum absolute atomic E-state index is 0.0319. The second kappa shape index (κ2) is 6.77. The number of amides is 1. The Morgan fingerprint density at radius 3 is 2.82 bits per heavy atom. The maximum absolute atomic E-state index is 11.7. The van der Waals surface area contributed by atoms with E-state index in [-0.39, 0.29) is 11.9 Å². The number of benzene rings is 1. The van der Waals surface area contributed by atoms with E-state index in [4.69, 9.17) is 5.73 Å². The van der Waals surface area contributed by atoms with Gasteiger partial charge in [-0.1, -0.05) is 19.4 Å². The van der Waals surface area contributed by atoms with E-state index in [1.54, 1.807) is 0 Å². The highest BCUT2D eigenvalue weighted by atomic mass is 79.9. The summed E-state index contributed by atoms with van der Waals surface area (Å²) in [5.74, 6) is -0.0319. The van der Waals surface area contributed by atoms with Crippen LogP contribution >= 0.6 is 15.9 Å². The molecule has 0 saturated carbocycles. The van der Waals surface area contributed by atoms with Crippen LogP contribution in [0.1, 0.15) is 31.7 Å². The van der Waals surface area contributed by atoms with E-state index >= 15 is 0 Å². The van der Waals surface area contributed by atoms with Gasteiger partial charge in [-0.05, 0) is 47.0 Å². The van der Waals surface area contributed by atoms with E-state index in [9.17, 15) is 4.79 Å². The molecule has 0 aliphatic carbocycles. The lowest BCUT2D eigenvalue weighted by molar-refractivity contribution is -0.116. The second-order valence-electron chi connectivity index (χ2n) is 4.28. The molecule has 1 atom stereocenters. The smallest absolute Gasteiger partial charge is 0.225 e. The number of nitrogens with one attached hydrogen (secondary N) is 1. The standard InChI is InChI=1S/C13H19BrN2O/c1-3-4-10(15)8-13(17)16-12-6-5-9(2)7-11(12)14/h5-7,10H,3-4,8,15H2,1-2H3,(H,16,17). The predicted molar refractivity (Wildman–Crippen MR) is 75.0 cm³/mol. The van der Waals surface area contributed by atoms with Gasteiger partial charge in [0.05, 0.1) is 5.69 Å². The Bertz CT molecular complexity index is 393. The molecule has 1 aromatic carbocycles. The van der Waals surface area contributed by atoms with E-state index in [1.165, 1.54) is 0 Å². The highest BCUT2D eigenvalue weighted by molar-refractivity contribution is 9.10. The highest BCUT2D eigenvalue weighted by Gasteiger charge is 2.10. The Hall–Kier alpha value is -0.870.